The molecule has 1 aromatic rings. The van der Waals surface area contributed by atoms with Gasteiger partial charge in [-0.25, -0.2) is 0 Å². The lowest BCUT2D eigenvalue weighted by Gasteiger charge is -2.35. The third kappa shape index (κ3) is 6.05. The van der Waals surface area contributed by atoms with Crippen LogP contribution in [0.15, 0.2) is 41.8 Å². The number of hydrogen-bond acceptors (Lipinski definition) is 5. The van der Waals surface area contributed by atoms with Gasteiger partial charge < -0.3 is 5.32 Å². The summed E-state index contributed by atoms with van der Waals surface area (Å²) in [5.74, 6) is 0.683. The minimum absolute atomic E-state index is 0.0910. The van der Waals surface area contributed by atoms with Gasteiger partial charge in [-0.05, 0) is 12.1 Å². The maximum atomic E-state index is 12.6. The Kier molecular flexibility index (Phi) is 8.97. The van der Waals surface area contributed by atoms with Crippen LogP contribution in [0.2, 0.25) is 0 Å². The molecule has 0 spiro atoms. The Balaban J connectivity index is 1.88. The zero-order chi connectivity index (χ0) is 20.6. The van der Waals surface area contributed by atoms with E-state index in [1.807, 2.05) is 49.1 Å². The minimum Gasteiger partial charge on any atom is -0.324 e. The molecule has 1 saturated heterocycles. The van der Waals surface area contributed by atoms with E-state index < -0.39 is 10.2 Å². The van der Waals surface area contributed by atoms with Crippen molar-refractivity contribution >= 4 is 33.6 Å². The van der Waals surface area contributed by atoms with E-state index >= 15 is 0 Å². The molecule has 1 fully saturated rings. The van der Waals surface area contributed by atoms with E-state index in [1.165, 1.54) is 8.61 Å². The predicted octanol–water partition coefficient (Wildman–Crippen LogP) is 2.11. The third-order valence-electron chi connectivity index (χ3n) is 4.57. The molecular weight excluding hydrogens is 396 g/mol. The van der Waals surface area contributed by atoms with Gasteiger partial charge >= 0.3 is 0 Å². The highest BCUT2D eigenvalue weighted by atomic mass is 32.2. The van der Waals surface area contributed by atoms with Crippen molar-refractivity contribution in [3.8, 4) is 0 Å². The number of thioether (sulfide) groups is 1. The van der Waals surface area contributed by atoms with E-state index in [1.54, 1.807) is 11.8 Å². The number of carbonyl (C=O) groups is 1. The second-order valence-electron chi connectivity index (χ2n) is 6.41. The zero-order valence-electron chi connectivity index (χ0n) is 16.6. The standard InChI is InChI=1S/C19H30N4O3S2/c1-4-15-27-18-10-8-7-9-17(18)20-19(24)16-21-11-13-23(14-12-21)28(25,26)22(5-2)6-3/h4,7-10H,1,5-6,11-16H2,2-3H3,(H,20,24). The van der Waals surface area contributed by atoms with Crippen LogP contribution in [0.1, 0.15) is 13.8 Å². The molecule has 9 heteroatoms. The molecule has 0 aromatic heterocycles. The molecule has 1 amide bonds. The Bertz CT molecular complexity index is 758. The second kappa shape index (κ2) is 11.0. The number of rotatable bonds is 10. The largest absolute Gasteiger partial charge is 0.324 e. The summed E-state index contributed by atoms with van der Waals surface area (Å²) in [5, 5.41) is 2.97. The fourth-order valence-corrected chi connectivity index (χ4v) is 5.42. The number of nitrogens with zero attached hydrogens (tertiary/aromatic N) is 3. The van der Waals surface area contributed by atoms with Gasteiger partial charge in [0.25, 0.3) is 10.2 Å². The summed E-state index contributed by atoms with van der Waals surface area (Å²) >= 11 is 1.62. The van der Waals surface area contributed by atoms with Crippen LogP contribution in [-0.2, 0) is 15.0 Å². The first-order chi connectivity index (χ1) is 13.4. The van der Waals surface area contributed by atoms with Gasteiger partial charge in [-0.15, -0.1) is 18.3 Å². The van der Waals surface area contributed by atoms with Crippen LogP contribution >= 0.6 is 11.8 Å². The lowest BCUT2D eigenvalue weighted by atomic mass is 10.3. The predicted molar refractivity (Wildman–Crippen MR) is 116 cm³/mol. The molecule has 1 heterocycles. The van der Waals surface area contributed by atoms with Crippen molar-refractivity contribution in [3.05, 3.63) is 36.9 Å². The van der Waals surface area contributed by atoms with Gasteiger partial charge in [0.05, 0.1) is 12.2 Å². The van der Waals surface area contributed by atoms with Crippen molar-refractivity contribution in [1.82, 2.24) is 13.5 Å². The first-order valence-electron chi connectivity index (χ1n) is 9.52. The van der Waals surface area contributed by atoms with E-state index in [0.29, 0.717) is 39.3 Å². The normalized spacial score (nSPS) is 16.2. The lowest BCUT2D eigenvalue weighted by molar-refractivity contribution is -0.117. The summed E-state index contributed by atoms with van der Waals surface area (Å²) in [6.07, 6.45) is 1.83. The first-order valence-corrected chi connectivity index (χ1v) is 11.9. The molecule has 1 aliphatic heterocycles. The number of carbonyl (C=O) groups excluding carboxylic acids is 1. The number of amides is 1. The van der Waals surface area contributed by atoms with Crippen molar-refractivity contribution in [1.29, 1.82) is 0 Å². The number of benzene rings is 1. The molecule has 0 saturated carbocycles. The van der Waals surface area contributed by atoms with Crippen molar-refractivity contribution in [2.45, 2.75) is 18.7 Å². The fourth-order valence-electron chi connectivity index (χ4n) is 3.07. The molecule has 156 valence electrons. The molecule has 7 nitrogen and oxygen atoms in total. The maximum absolute atomic E-state index is 12.6. The van der Waals surface area contributed by atoms with Crippen molar-refractivity contribution in [2.75, 3.05) is 56.9 Å². The first kappa shape index (κ1) is 22.9. The van der Waals surface area contributed by atoms with Crippen LogP contribution in [0.5, 0.6) is 0 Å². The monoisotopic (exact) mass is 426 g/mol. The molecule has 0 unspecified atom stereocenters. The van der Waals surface area contributed by atoms with E-state index in [2.05, 4.69) is 11.9 Å². The smallest absolute Gasteiger partial charge is 0.282 e. The number of piperazine rings is 1. The summed E-state index contributed by atoms with van der Waals surface area (Å²) in [5.41, 5.74) is 0.794. The van der Waals surface area contributed by atoms with Gasteiger partial charge in [0.2, 0.25) is 5.91 Å². The summed E-state index contributed by atoms with van der Waals surface area (Å²) < 4.78 is 28.1. The highest BCUT2D eigenvalue weighted by Crippen LogP contribution is 2.26. The van der Waals surface area contributed by atoms with Crippen LogP contribution in [0.4, 0.5) is 5.69 Å². The summed E-state index contributed by atoms with van der Waals surface area (Å²) in [6, 6.07) is 7.69. The van der Waals surface area contributed by atoms with E-state index in [9.17, 15) is 13.2 Å². The lowest BCUT2D eigenvalue weighted by Crippen LogP contribution is -2.54. The molecule has 0 atom stereocenters. The molecular formula is C19H30N4O3S2. The molecule has 1 N–H and O–H groups in total. The second-order valence-corrected chi connectivity index (χ2v) is 9.40. The molecule has 0 bridgehead atoms. The van der Waals surface area contributed by atoms with Crippen LogP contribution in [-0.4, -0.2) is 79.4 Å². The van der Waals surface area contributed by atoms with Gasteiger partial charge in [0.1, 0.15) is 0 Å². The van der Waals surface area contributed by atoms with Crippen LogP contribution in [0.25, 0.3) is 0 Å². The van der Waals surface area contributed by atoms with E-state index in [-0.39, 0.29) is 12.5 Å². The van der Waals surface area contributed by atoms with Crippen LogP contribution in [0, 0.1) is 0 Å². The Hall–Kier alpha value is -1.39. The van der Waals surface area contributed by atoms with Gasteiger partial charge in [0, 0.05) is 49.9 Å². The van der Waals surface area contributed by atoms with Crippen molar-refractivity contribution in [2.24, 2.45) is 0 Å². The van der Waals surface area contributed by atoms with Crippen LogP contribution < -0.4 is 5.32 Å². The number of nitrogens with one attached hydrogen (secondary N) is 1. The number of anilines is 1. The molecule has 28 heavy (non-hydrogen) atoms. The van der Waals surface area contributed by atoms with Gasteiger partial charge in [-0.3, -0.25) is 9.69 Å². The molecule has 0 aliphatic carbocycles. The third-order valence-corrected chi connectivity index (χ3v) is 7.83. The van der Waals surface area contributed by atoms with Crippen molar-refractivity contribution < 1.29 is 13.2 Å². The quantitative estimate of drug-likeness (QED) is 0.458. The molecule has 1 aliphatic rings. The average molecular weight is 427 g/mol. The summed E-state index contributed by atoms with van der Waals surface area (Å²) in [7, 11) is -3.41. The summed E-state index contributed by atoms with van der Waals surface area (Å²) in [6.45, 7) is 10.5. The Labute approximate surface area is 172 Å². The van der Waals surface area contributed by atoms with Gasteiger partial charge in [-0.1, -0.05) is 32.1 Å². The van der Waals surface area contributed by atoms with Crippen molar-refractivity contribution in [3.63, 3.8) is 0 Å². The molecule has 2 rings (SSSR count). The van der Waals surface area contributed by atoms with E-state index in [0.717, 1.165) is 16.3 Å². The van der Waals surface area contributed by atoms with Gasteiger partial charge in [0.15, 0.2) is 0 Å². The highest BCUT2D eigenvalue weighted by Gasteiger charge is 2.31. The minimum atomic E-state index is -3.41. The fraction of sp³-hybridized carbons (Fsp3) is 0.526. The molecule has 1 aromatic carbocycles. The number of para-hydroxylation sites is 1. The van der Waals surface area contributed by atoms with E-state index in [4.69, 9.17) is 0 Å². The zero-order valence-corrected chi connectivity index (χ0v) is 18.3. The SMILES string of the molecule is C=CCSc1ccccc1NC(=O)CN1CCN(S(=O)(=O)N(CC)CC)CC1. The highest BCUT2D eigenvalue weighted by molar-refractivity contribution is 7.99. The summed E-state index contributed by atoms with van der Waals surface area (Å²) in [4.78, 5) is 15.5. The average Bonchev–Trinajstić information content (AvgIpc) is 2.68. The number of hydrogen-bond donors (Lipinski definition) is 1. The van der Waals surface area contributed by atoms with Gasteiger partial charge in [-0.2, -0.15) is 17.0 Å². The Morgan fingerprint density at radius 2 is 1.86 bits per heavy atom. The maximum Gasteiger partial charge on any atom is 0.282 e. The Morgan fingerprint density at radius 3 is 2.46 bits per heavy atom. The molecule has 0 radical (unpaired) electrons. The Morgan fingerprint density at radius 1 is 1.21 bits per heavy atom. The van der Waals surface area contributed by atoms with Crippen LogP contribution in [0.3, 0.4) is 0 Å². The topological polar surface area (TPSA) is 73.0 Å².